The van der Waals surface area contributed by atoms with Crippen LogP contribution in [0, 0.1) is 0 Å². The van der Waals surface area contributed by atoms with E-state index in [2.05, 4.69) is 20.9 Å². The molecule has 0 saturated carbocycles. The van der Waals surface area contributed by atoms with Crippen molar-refractivity contribution >= 4 is 31.9 Å². The molecule has 1 aromatic carbocycles. The van der Waals surface area contributed by atoms with E-state index in [9.17, 15) is 13.2 Å². The Kier molecular flexibility index (Phi) is 6.37. The van der Waals surface area contributed by atoms with Gasteiger partial charge in [-0.15, -0.1) is 0 Å². The third-order valence-corrected chi connectivity index (χ3v) is 7.51. The minimum atomic E-state index is -3.57. The number of carbonyl (C=O) groups is 1. The predicted molar refractivity (Wildman–Crippen MR) is 113 cm³/mol. The van der Waals surface area contributed by atoms with Crippen LogP contribution in [-0.2, 0) is 14.8 Å². The van der Waals surface area contributed by atoms with E-state index in [0.717, 1.165) is 4.47 Å². The van der Waals surface area contributed by atoms with Crippen molar-refractivity contribution in [1.82, 2.24) is 14.2 Å². The first kappa shape index (κ1) is 21.2. The molecule has 1 amide bonds. The van der Waals surface area contributed by atoms with Gasteiger partial charge < -0.3 is 14.4 Å². The molecule has 1 unspecified atom stereocenters. The summed E-state index contributed by atoms with van der Waals surface area (Å²) < 4.78 is 38.8. The molecule has 0 spiro atoms. The number of likely N-dealkylation sites (tertiary alicyclic amines) is 1. The van der Waals surface area contributed by atoms with Crippen LogP contribution in [0.5, 0.6) is 5.88 Å². The van der Waals surface area contributed by atoms with Gasteiger partial charge in [-0.1, -0.05) is 0 Å². The fraction of sp³-hybridized carbons (Fsp3) is 0.400. The number of ether oxygens (including phenoxy) is 2. The zero-order chi connectivity index (χ0) is 21.1. The first-order valence-electron chi connectivity index (χ1n) is 9.69. The summed E-state index contributed by atoms with van der Waals surface area (Å²) >= 11 is 3.34. The van der Waals surface area contributed by atoms with Crippen LogP contribution < -0.4 is 4.74 Å². The zero-order valence-electron chi connectivity index (χ0n) is 16.2. The van der Waals surface area contributed by atoms with Crippen molar-refractivity contribution in [3.63, 3.8) is 0 Å². The molecule has 2 aromatic rings. The van der Waals surface area contributed by atoms with Crippen molar-refractivity contribution in [2.75, 3.05) is 39.4 Å². The van der Waals surface area contributed by atoms with E-state index in [-0.39, 0.29) is 16.9 Å². The molecule has 4 rings (SSSR count). The Hall–Kier alpha value is -2.01. The minimum absolute atomic E-state index is 0.122. The number of sulfonamides is 1. The number of carbonyl (C=O) groups excluding carboxylic acids is 1. The van der Waals surface area contributed by atoms with E-state index in [1.165, 1.54) is 16.4 Å². The first-order chi connectivity index (χ1) is 14.4. The highest BCUT2D eigenvalue weighted by molar-refractivity contribution is 9.10. The van der Waals surface area contributed by atoms with E-state index in [1.807, 2.05) is 6.07 Å². The lowest BCUT2D eigenvalue weighted by Crippen LogP contribution is -2.40. The van der Waals surface area contributed by atoms with Crippen molar-refractivity contribution in [3.05, 3.63) is 52.6 Å². The number of morpholine rings is 1. The summed E-state index contributed by atoms with van der Waals surface area (Å²) in [5.74, 6) is 0.385. The smallest absolute Gasteiger partial charge is 0.253 e. The minimum Gasteiger partial charge on any atom is -0.472 e. The number of aromatic nitrogens is 1. The van der Waals surface area contributed by atoms with Gasteiger partial charge in [0.25, 0.3) is 5.91 Å². The lowest BCUT2D eigenvalue weighted by atomic mass is 10.2. The summed E-state index contributed by atoms with van der Waals surface area (Å²) in [6.07, 6.45) is 2.26. The lowest BCUT2D eigenvalue weighted by Gasteiger charge is -2.26. The van der Waals surface area contributed by atoms with Crippen molar-refractivity contribution < 1.29 is 22.7 Å². The van der Waals surface area contributed by atoms with E-state index in [0.29, 0.717) is 57.3 Å². The van der Waals surface area contributed by atoms with Crippen molar-refractivity contribution in [1.29, 1.82) is 0 Å². The summed E-state index contributed by atoms with van der Waals surface area (Å²) in [5, 5.41) is 0. The summed E-state index contributed by atoms with van der Waals surface area (Å²) in [4.78, 5) is 18.9. The number of amides is 1. The Bertz CT molecular complexity index is 992. The molecule has 2 aliphatic heterocycles. The Balaban J connectivity index is 1.38. The molecule has 1 atom stereocenters. The van der Waals surface area contributed by atoms with Crippen molar-refractivity contribution in [3.8, 4) is 5.88 Å². The van der Waals surface area contributed by atoms with Crippen molar-refractivity contribution in [2.45, 2.75) is 17.4 Å². The van der Waals surface area contributed by atoms with Crippen LogP contribution in [0.25, 0.3) is 0 Å². The zero-order valence-corrected chi connectivity index (χ0v) is 18.6. The molecule has 10 heteroatoms. The molecule has 0 N–H and O–H groups in total. The maximum absolute atomic E-state index is 12.8. The van der Waals surface area contributed by atoms with Gasteiger partial charge in [-0.2, -0.15) is 4.31 Å². The van der Waals surface area contributed by atoms with Crippen LogP contribution in [0.1, 0.15) is 16.8 Å². The molecular weight excluding hydrogens is 474 g/mol. The largest absolute Gasteiger partial charge is 0.472 e. The molecule has 160 valence electrons. The maximum Gasteiger partial charge on any atom is 0.253 e. The molecule has 0 radical (unpaired) electrons. The van der Waals surface area contributed by atoms with E-state index >= 15 is 0 Å². The summed E-state index contributed by atoms with van der Waals surface area (Å²) in [6, 6.07) is 9.76. The fourth-order valence-electron chi connectivity index (χ4n) is 3.50. The second-order valence-electron chi connectivity index (χ2n) is 7.14. The highest BCUT2D eigenvalue weighted by Crippen LogP contribution is 2.22. The number of pyridine rings is 1. The topological polar surface area (TPSA) is 89.0 Å². The number of hydrogen-bond acceptors (Lipinski definition) is 6. The fourth-order valence-corrected chi connectivity index (χ4v) is 5.14. The monoisotopic (exact) mass is 495 g/mol. The first-order valence-corrected chi connectivity index (χ1v) is 11.9. The number of nitrogens with zero attached hydrogens (tertiary/aromatic N) is 3. The normalized spacial score (nSPS) is 20.3. The third kappa shape index (κ3) is 4.66. The van der Waals surface area contributed by atoms with Gasteiger partial charge >= 0.3 is 0 Å². The van der Waals surface area contributed by atoms with Gasteiger partial charge in [0.2, 0.25) is 15.9 Å². The quantitative estimate of drug-likeness (QED) is 0.631. The van der Waals surface area contributed by atoms with Crippen LogP contribution in [0.2, 0.25) is 0 Å². The van der Waals surface area contributed by atoms with Crippen molar-refractivity contribution in [2.24, 2.45) is 0 Å². The Labute approximate surface area is 184 Å². The molecule has 0 bridgehead atoms. The number of rotatable bonds is 5. The third-order valence-electron chi connectivity index (χ3n) is 5.13. The van der Waals surface area contributed by atoms with Crippen LogP contribution in [0.3, 0.4) is 0 Å². The predicted octanol–water partition coefficient (Wildman–Crippen LogP) is 2.16. The molecule has 0 aliphatic carbocycles. The molecule has 3 heterocycles. The summed E-state index contributed by atoms with van der Waals surface area (Å²) in [5.41, 5.74) is 0.457. The maximum atomic E-state index is 12.8. The average Bonchev–Trinajstić information content (AvgIpc) is 3.24. The van der Waals surface area contributed by atoms with Gasteiger partial charge in [-0.3, -0.25) is 4.79 Å². The number of benzene rings is 1. The second-order valence-corrected chi connectivity index (χ2v) is 9.99. The second kappa shape index (κ2) is 9.01. The Morgan fingerprint density at radius 2 is 1.83 bits per heavy atom. The van der Waals surface area contributed by atoms with Gasteiger partial charge in [0, 0.05) is 48.4 Å². The highest BCUT2D eigenvalue weighted by Gasteiger charge is 2.30. The van der Waals surface area contributed by atoms with Gasteiger partial charge in [-0.25, -0.2) is 13.4 Å². The van der Waals surface area contributed by atoms with Crippen LogP contribution in [0.15, 0.2) is 52.0 Å². The molecule has 2 saturated heterocycles. The van der Waals surface area contributed by atoms with E-state index in [1.54, 1.807) is 29.3 Å². The Morgan fingerprint density at radius 3 is 2.50 bits per heavy atom. The standard InChI is InChI=1S/C20H22BrN3O5S/c21-16-3-6-19(22-13-16)29-17-7-8-23(14-17)20(25)15-1-4-18(5-2-15)30(26,27)24-9-11-28-12-10-24/h1-6,13,17H,7-12,14H2. The molecular formula is C20H22BrN3O5S. The number of hydrogen-bond donors (Lipinski definition) is 0. The summed E-state index contributed by atoms with van der Waals surface area (Å²) in [7, 11) is -3.57. The van der Waals surface area contributed by atoms with Gasteiger partial charge in [0.05, 0.1) is 24.7 Å². The van der Waals surface area contributed by atoms with Crippen LogP contribution in [0.4, 0.5) is 0 Å². The van der Waals surface area contributed by atoms with E-state index < -0.39 is 10.0 Å². The van der Waals surface area contributed by atoms with Gasteiger partial charge in [0.1, 0.15) is 6.10 Å². The molecule has 1 aromatic heterocycles. The highest BCUT2D eigenvalue weighted by atomic mass is 79.9. The van der Waals surface area contributed by atoms with Gasteiger partial charge in [0.15, 0.2) is 0 Å². The number of halogens is 1. The molecule has 2 aliphatic rings. The average molecular weight is 496 g/mol. The SMILES string of the molecule is O=C(c1ccc(S(=O)(=O)N2CCOCC2)cc1)N1CCC(Oc2ccc(Br)cn2)C1. The molecule has 2 fully saturated rings. The van der Waals surface area contributed by atoms with E-state index in [4.69, 9.17) is 9.47 Å². The molecule has 8 nitrogen and oxygen atoms in total. The van der Waals surface area contributed by atoms with Gasteiger partial charge in [-0.05, 0) is 46.3 Å². The Morgan fingerprint density at radius 1 is 1.10 bits per heavy atom. The summed E-state index contributed by atoms with van der Waals surface area (Å²) in [6.45, 7) is 2.50. The van der Waals surface area contributed by atoms with Crippen LogP contribution in [-0.4, -0.2) is 74.0 Å². The lowest BCUT2D eigenvalue weighted by molar-refractivity contribution is 0.0730. The van der Waals surface area contributed by atoms with Crippen LogP contribution >= 0.6 is 15.9 Å². The molecule has 30 heavy (non-hydrogen) atoms.